The summed E-state index contributed by atoms with van der Waals surface area (Å²) in [4.78, 5) is 15.4. The molecule has 2 aliphatic rings. The molecule has 1 saturated carbocycles. The van der Waals surface area contributed by atoms with E-state index < -0.39 is 5.89 Å². The maximum Gasteiger partial charge on any atom is 0.254 e. The van der Waals surface area contributed by atoms with Crippen LogP contribution in [-0.2, 0) is 13.0 Å². The molecule has 0 bridgehead atoms. The molecule has 0 unspecified atom stereocenters. The highest BCUT2D eigenvalue weighted by Gasteiger charge is 2.28. The van der Waals surface area contributed by atoms with Crippen LogP contribution in [0.25, 0.3) is 5.69 Å². The van der Waals surface area contributed by atoms with Gasteiger partial charge in [0.05, 0.1) is 23.0 Å². The summed E-state index contributed by atoms with van der Waals surface area (Å²) in [5.74, 6) is -0.832. The Kier molecular flexibility index (Phi) is 4.54. The van der Waals surface area contributed by atoms with Crippen LogP contribution in [0, 0.1) is 11.3 Å². The van der Waals surface area contributed by atoms with Crippen LogP contribution in [-0.4, -0.2) is 27.1 Å². The molecule has 30 heavy (non-hydrogen) atoms. The zero-order chi connectivity index (χ0) is 21.4. The summed E-state index contributed by atoms with van der Waals surface area (Å²) in [5, 5.41) is 14.1. The van der Waals surface area contributed by atoms with Crippen molar-refractivity contribution in [1.29, 1.82) is 5.26 Å². The lowest BCUT2D eigenvalue weighted by atomic mass is 9.90. The Morgan fingerprint density at radius 1 is 1.17 bits per heavy atom. The van der Waals surface area contributed by atoms with Gasteiger partial charge in [0.1, 0.15) is 0 Å². The molecule has 1 aliphatic heterocycles. The molecule has 5 nitrogen and oxygen atoms in total. The maximum atomic E-state index is 13.6. The first-order chi connectivity index (χ1) is 15.1. The van der Waals surface area contributed by atoms with Gasteiger partial charge in [-0.05, 0) is 48.6 Å². The average Bonchev–Trinajstić information content (AvgIpc) is 3.45. The lowest BCUT2D eigenvalue weighted by Crippen LogP contribution is -2.36. The number of aromatic nitrogens is 2. The van der Waals surface area contributed by atoms with Crippen molar-refractivity contribution in [2.75, 3.05) is 6.54 Å². The van der Waals surface area contributed by atoms with Crippen LogP contribution in [0.4, 0.5) is 0 Å². The Balaban J connectivity index is 1.46. The van der Waals surface area contributed by atoms with Gasteiger partial charge in [0.15, 0.2) is 0 Å². The van der Waals surface area contributed by atoms with Gasteiger partial charge < -0.3 is 4.90 Å². The summed E-state index contributed by atoms with van der Waals surface area (Å²) in [6.45, 7) is 1.07. The summed E-state index contributed by atoms with van der Waals surface area (Å²) < 4.78 is 10.8. The predicted octanol–water partition coefficient (Wildman–Crippen LogP) is 4.60. The summed E-state index contributed by atoms with van der Waals surface area (Å²) in [6.07, 6.45) is 6.21. The molecule has 150 valence electrons. The quantitative estimate of drug-likeness (QED) is 0.649. The van der Waals surface area contributed by atoms with Crippen molar-refractivity contribution in [1.82, 2.24) is 14.7 Å². The highest BCUT2D eigenvalue weighted by molar-refractivity contribution is 5.96. The lowest BCUT2D eigenvalue weighted by Gasteiger charge is -2.28. The third-order valence-corrected chi connectivity index (χ3v) is 6.13. The van der Waals surface area contributed by atoms with Gasteiger partial charge >= 0.3 is 0 Å². The summed E-state index contributed by atoms with van der Waals surface area (Å²) in [5.41, 5.74) is 4.80. The molecule has 5 heteroatoms. The molecule has 1 aromatic heterocycles. The second kappa shape index (κ2) is 7.79. The number of nitrogens with zero attached hydrogens (tertiary/aromatic N) is 4. The molecule has 0 spiro atoms. The van der Waals surface area contributed by atoms with Gasteiger partial charge in [0.2, 0.25) is 0 Å². The minimum absolute atomic E-state index is 0.0938. The zero-order valence-electron chi connectivity index (χ0n) is 17.8. The SMILES string of the molecule is [2H]C1(c2ccc(C#N)cc2C(=O)N2CCc3nn(-c4ccccc4)cc3C2)CCCC1. The van der Waals surface area contributed by atoms with E-state index in [9.17, 15) is 10.1 Å². The molecule has 2 heterocycles. The fourth-order valence-corrected chi connectivity index (χ4v) is 4.54. The molecule has 0 radical (unpaired) electrons. The van der Waals surface area contributed by atoms with Crippen LogP contribution in [0.3, 0.4) is 0 Å². The van der Waals surface area contributed by atoms with Gasteiger partial charge in [0.25, 0.3) is 5.91 Å². The molecule has 1 fully saturated rings. The lowest BCUT2D eigenvalue weighted by molar-refractivity contribution is 0.0732. The molecular weight excluding hydrogens is 372 g/mol. The van der Waals surface area contributed by atoms with Crippen molar-refractivity contribution in [3.8, 4) is 11.8 Å². The van der Waals surface area contributed by atoms with Crippen molar-refractivity contribution in [3.05, 3.63) is 82.7 Å². The predicted molar refractivity (Wildman–Crippen MR) is 114 cm³/mol. The molecule has 0 atom stereocenters. The normalized spacial score (nSPS) is 17.8. The number of benzene rings is 2. The van der Waals surface area contributed by atoms with Crippen LogP contribution in [0.5, 0.6) is 0 Å². The Bertz CT molecular complexity index is 1170. The van der Waals surface area contributed by atoms with E-state index in [0.717, 1.165) is 48.2 Å². The van der Waals surface area contributed by atoms with Gasteiger partial charge in [-0.1, -0.05) is 37.1 Å². The van der Waals surface area contributed by atoms with Crippen molar-refractivity contribution in [3.63, 3.8) is 0 Å². The first-order valence-corrected chi connectivity index (χ1v) is 10.5. The van der Waals surface area contributed by atoms with Gasteiger partial charge in [-0.2, -0.15) is 10.4 Å². The van der Waals surface area contributed by atoms with Crippen LogP contribution < -0.4 is 0 Å². The molecule has 0 saturated heterocycles. The number of fused-ring (bicyclic) bond motifs is 1. The first-order valence-electron chi connectivity index (χ1n) is 11.0. The fraction of sp³-hybridized carbons (Fsp3) is 0.320. The number of para-hydroxylation sites is 1. The highest BCUT2D eigenvalue weighted by atomic mass is 16.2. The third kappa shape index (κ3) is 3.39. The third-order valence-electron chi connectivity index (χ3n) is 6.13. The Labute approximate surface area is 178 Å². The van der Waals surface area contributed by atoms with E-state index in [2.05, 4.69) is 6.07 Å². The van der Waals surface area contributed by atoms with Crippen molar-refractivity contribution in [2.24, 2.45) is 0 Å². The fourth-order valence-electron chi connectivity index (χ4n) is 4.54. The van der Waals surface area contributed by atoms with E-state index in [1.807, 2.05) is 52.2 Å². The number of nitriles is 1. The Hall–Kier alpha value is -3.39. The largest absolute Gasteiger partial charge is 0.334 e. The molecule has 5 rings (SSSR count). The van der Waals surface area contributed by atoms with Crippen LogP contribution >= 0.6 is 0 Å². The van der Waals surface area contributed by atoms with E-state index in [0.29, 0.717) is 30.6 Å². The van der Waals surface area contributed by atoms with Crippen LogP contribution in [0.15, 0.2) is 54.7 Å². The van der Waals surface area contributed by atoms with E-state index in [4.69, 9.17) is 6.47 Å². The number of carbonyl (C=O) groups is 1. The van der Waals surface area contributed by atoms with Gasteiger partial charge in [-0.25, -0.2) is 4.68 Å². The van der Waals surface area contributed by atoms with Crippen molar-refractivity contribution in [2.45, 2.75) is 44.5 Å². The number of hydrogen-bond donors (Lipinski definition) is 0. The number of rotatable bonds is 3. The van der Waals surface area contributed by atoms with Gasteiger partial charge in [-0.15, -0.1) is 0 Å². The monoisotopic (exact) mass is 397 g/mol. The maximum absolute atomic E-state index is 13.6. The topological polar surface area (TPSA) is 61.9 Å². The number of amides is 1. The Morgan fingerprint density at radius 2 is 1.97 bits per heavy atom. The summed E-state index contributed by atoms with van der Waals surface area (Å²) in [7, 11) is 0. The highest BCUT2D eigenvalue weighted by Crippen LogP contribution is 2.37. The standard InChI is InChI=1S/C25H24N4O/c26-15-18-10-11-22(19-6-4-5-7-19)23(14-18)25(30)28-13-12-24-20(16-28)17-29(27-24)21-8-2-1-3-9-21/h1-3,8-11,14,17,19H,4-7,12-13,16H2/i19D. The van der Waals surface area contributed by atoms with Crippen LogP contribution in [0.2, 0.25) is 0 Å². The summed E-state index contributed by atoms with van der Waals surface area (Å²) in [6, 6.07) is 17.3. The van der Waals surface area contributed by atoms with Crippen molar-refractivity contribution < 1.29 is 6.17 Å². The molecule has 1 amide bonds. The zero-order valence-corrected chi connectivity index (χ0v) is 16.8. The van der Waals surface area contributed by atoms with E-state index in [-0.39, 0.29) is 5.91 Å². The minimum atomic E-state index is -0.738. The molecular formula is C25H24N4O. The number of carbonyl (C=O) groups excluding carboxylic acids is 1. The number of hydrogen-bond acceptors (Lipinski definition) is 3. The smallest absolute Gasteiger partial charge is 0.254 e. The summed E-state index contributed by atoms with van der Waals surface area (Å²) >= 11 is 0. The van der Waals surface area contributed by atoms with E-state index in [1.54, 1.807) is 12.1 Å². The van der Waals surface area contributed by atoms with E-state index >= 15 is 0 Å². The molecule has 3 aromatic rings. The van der Waals surface area contributed by atoms with Gasteiger partial charge in [-0.3, -0.25) is 4.79 Å². The first kappa shape index (κ1) is 17.5. The molecule has 0 N–H and O–H groups in total. The average molecular weight is 398 g/mol. The van der Waals surface area contributed by atoms with Crippen LogP contribution in [0.1, 0.15) is 65.7 Å². The second-order valence-electron chi connectivity index (χ2n) is 8.04. The molecule has 1 aliphatic carbocycles. The van der Waals surface area contributed by atoms with Crippen molar-refractivity contribution >= 4 is 5.91 Å². The van der Waals surface area contributed by atoms with Gasteiger partial charge in [0, 0.05) is 38.2 Å². The second-order valence-corrected chi connectivity index (χ2v) is 8.04. The van der Waals surface area contributed by atoms with E-state index in [1.165, 1.54) is 0 Å². The molecule has 2 aromatic carbocycles. The minimum Gasteiger partial charge on any atom is -0.334 e. The Morgan fingerprint density at radius 3 is 2.73 bits per heavy atom.